The van der Waals surface area contributed by atoms with Gasteiger partial charge in [-0.1, -0.05) is 72.8 Å². The van der Waals surface area contributed by atoms with Crippen LogP contribution in [0.5, 0.6) is 11.5 Å². The van der Waals surface area contributed by atoms with Crippen LogP contribution in [0.15, 0.2) is 96.3 Å². The number of ether oxygens (including phenoxy) is 1. The lowest BCUT2D eigenvalue weighted by Gasteiger charge is -2.27. The molecule has 0 spiro atoms. The SMILES string of the molecule is COc1cc(C2C(C(=O)C=Cc3ccccc3)=C(O)C(=O)N2CCc2ccccc2)ccc1O. The second-order valence-electron chi connectivity index (χ2n) is 7.94. The number of ketones is 1. The van der Waals surface area contributed by atoms with Crippen molar-refractivity contribution in [2.24, 2.45) is 0 Å². The Balaban J connectivity index is 1.70. The Bertz CT molecular complexity index is 1250. The number of nitrogens with zero attached hydrogens (tertiary/aromatic N) is 1. The maximum atomic E-state index is 13.2. The Morgan fingerprint density at radius 1 is 1.00 bits per heavy atom. The zero-order valence-electron chi connectivity index (χ0n) is 18.7. The number of phenols is 1. The van der Waals surface area contributed by atoms with Gasteiger partial charge in [-0.15, -0.1) is 0 Å². The molecule has 0 saturated heterocycles. The van der Waals surface area contributed by atoms with Crippen molar-refractivity contribution in [3.05, 3.63) is 113 Å². The van der Waals surface area contributed by atoms with Gasteiger partial charge < -0.3 is 19.8 Å². The quantitative estimate of drug-likeness (QED) is 0.484. The summed E-state index contributed by atoms with van der Waals surface area (Å²) < 4.78 is 5.23. The first-order chi connectivity index (χ1) is 16.5. The number of amides is 1. The molecule has 0 fully saturated rings. The molecular weight excluding hydrogens is 430 g/mol. The van der Waals surface area contributed by atoms with Gasteiger partial charge in [0.25, 0.3) is 5.91 Å². The van der Waals surface area contributed by atoms with Crippen molar-refractivity contribution in [3.8, 4) is 11.5 Å². The summed E-state index contributed by atoms with van der Waals surface area (Å²) >= 11 is 0. The highest BCUT2D eigenvalue weighted by atomic mass is 16.5. The van der Waals surface area contributed by atoms with Crippen LogP contribution < -0.4 is 4.74 Å². The second-order valence-corrected chi connectivity index (χ2v) is 7.94. The zero-order valence-corrected chi connectivity index (χ0v) is 18.7. The molecule has 6 heteroatoms. The van der Waals surface area contributed by atoms with Crippen molar-refractivity contribution in [1.29, 1.82) is 0 Å². The molecule has 1 atom stereocenters. The van der Waals surface area contributed by atoms with Crippen LogP contribution in [0.1, 0.15) is 22.7 Å². The average molecular weight is 456 g/mol. The molecule has 0 bridgehead atoms. The van der Waals surface area contributed by atoms with Crippen LogP contribution in [-0.2, 0) is 16.0 Å². The van der Waals surface area contributed by atoms with E-state index in [-0.39, 0.29) is 17.1 Å². The third kappa shape index (κ3) is 4.71. The van der Waals surface area contributed by atoms with E-state index in [1.165, 1.54) is 24.2 Å². The van der Waals surface area contributed by atoms with Gasteiger partial charge >= 0.3 is 0 Å². The van der Waals surface area contributed by atoms with Crippen molar-refractivity contribution < 1.29 is 24.5 Å². The largest absolute Gasteiger partial charge is 0.504 e. The highest BCUT2D eigenvalue weighted by Gasteiger charge is 2.42. The molecule has 1 unspecified atom stereocenters. The smallest absolute Gasteiger partial charge is 0.290 e. The summed E-state index contributed by atoms with van der Waals surface area (Å²) in [4.78, 5) is 27.8. The Morgan fingerprint density at radius 3 is 2.35 bits per heavy atom. The Hall–Kier alpha value is -4.32. The number of benzene rings is 3. The van der Waals surface area contributed by atoms with Gasteiger partial charge in [0, 0.05) is 6.54 Å². The number of rotatable bonds is 8. The van der Waals surface area contributed by atoms with Crippen LogP contribution in [0.25, 0.3) is 6.08 Å². The number of aliphatic hydroxyl groups is 1. The first-order valence-corrected chi connectivity index (χ1v) is 10.9. The third-order valence-electron chi connectivity index (χ3n) is 5.80. The number of phenolic OH excluding ortho intramolecular Hbond substituents is 1. The highest BCUT2D eigenvalue weighted by molar-refractivity contribution is 6.14. The van der Waals surface area contributed by atoms with E-state index in [1.54, 1.807) is 18.2 Å². The van der Waals surface area contributed by atoms with E-state index in [0.717, 1.165) is 11.1 Å². The van der Waals surface area contributed by atoms with Gasteiger partial charge in [-0.25, -0.2) is 0 Å². The Kier molecular flexibility index (Phi) is 6.78. The normalized spacial score (nSPS) is 15.9. The molecule has 0 saturated carbocycles. The summed E-state index contributed by atoms with van der Waals surface area (Å²) in [6.45, 7) is 0.292. The molecule has 3 aromatic rings. The van der Waals surface area contributed by atoms with Gasteiger partial charge in [-0.2, -0.15) is 0 Å². The van der Waals surface area contributed by atoms with Crippen LogP contribution >= 0.6 is 0 Å². The highest BCUT2D eigenvalue weighted by Crippen LogP contribution is 2.40. The minimum Gasteiger partial charge on any atom is -0.504 e. The minimum absolute atomic E-state index is 0.00187. The van der Waals surface area contributed by atoms with Crippen molar-refractivity contribution in [3.63, 3.8) is 0 Å². The molecule has 34 heavy (non-hydrogen) atoms. The van der Waals surface area contributed by atoms with E-state index in [0.29, 0.717) is 18.5 Å². The molecule has 0 aliphatic carbocycles. The number of methoxy groups -OCH3 is 1. The van der Waals surface area contributed by atoms with Crippen molar-refractivity contribution in [2.75, 3.05) is 13.7 Å². The van der Waals surface area contributed by atoms with Crippen molar-refractivity contribution in [1.82, 2.24) is 4.90 Å². The van der Waals surface area contributed by atoms with Crippen LogP contribution in [0.4, 0.5) is 0 Å². The summed E-state index contributed by atoms with van der Waals surface area (Å²) in [6.07, 6.45) is 3.56. The van der Waals surface area contributed by atoms with E-state index in [1.807, 2.05) is 60.7 Å². The minimum atomic E-state index is -0.821. The molecule has 172 valence electrons. The molecule has 1 aliphatic rings. The second kappa shape index (κ2) is 10.1. The fraction of sp³-hybridized carbons (Fsp3) is 0.143. The van der Waals surface area contributed by atoms with E-state index in [2.05, 4.69) is 0 Å². The van der Waals surface area contributed by atoms with Crippen molar-refractivity contribution in [2.45, 2.75) is 12.5 Å². The van der Waals surface area contributed by atoms with Gasteiger partial charge in [-0.05, 0) is 41.3 Å². The van der Waals surface area contributed by atoms with Gasteiger partial charge in [0.15, 0.2) is 23.0 Å². The first-order valence-electron chi connectivity index (χ1n) is 10.9. The topological polar surface area (TPSA) is 87.1 Å². The number of hydrogen-bond acceptors (Lipinski definition) is 5. The van der Waals surface area contributed by atoms with Gasteiger partial charge in [-0.3, -0.25) is 9.59 Å². The average Bonchev–Trinajstić information content (AvgIpc) is 3.12. The lowest BCUT2D eigenvalue weighted by atomic mass is 9.95. The van der Waals surface area contributed by atoms with E-state index in [4.69, 9.17) is 4.74 Å². The number of hydrogen-bond donors (Lipinski definition) is 2. The van der Waals surface area contributed by atoms with E-state index in [9.17, 15) is 19.8 Å². The Morgan fingerprint density at radius 2 is 1.68 bits per heavy atom. The molecule has 2 N–H and O–H groups in total. The predicted molar refractivity (Wildman–Crippen MR) is 129 cm³/mol. The number of aromatic hydroxyl groups is 1. The van der Waals surface area contributed by atoms with Gasteiger partial charge in [0.2, 0.25) is 0 Å². The van der Waals surface area contributed by atoms with Crippen LogP contribution in [0, 0.1) is 0 Å². The van der Waals surface area contributed by atoms with Gasteiger partial charge in [0.05, 0.1) is 18.7 Å². The summed E-state index contributed by atoms with van der Waals surface area (Å²) in [7, 11) is 1.42. The summed E-state index contributed by atoms with van der Waals surface area (Å²) in [5.41, 5.74) is 2.40. The van der Waals surface area contributed by atoms with Crippen LogP contribution in [0.3, 0.4) is 0 Å². The third-order valence-corrected chi connectivity index (χ3v) is 5.80. The zero-order chi connectivity index (χ0) is 24.1. The molecule has 0 aromatic heterocycles. The molecule has 0 radical (unpaired) electrons. The number of aliphatic hydroxyl groups excluding tert-OH is 1. The molecular formula is C28H25NO5. The van der Waals surface area contributed by atoms with Gasteiger partial charge in [0.1, 0.15) is 0 Å². The standard InChI is InChI=1S/C28H25NO5/c1-34-24-18-21(13-15-22(24)30)26-25(23(31)14-12-19-8-4-2-5-9-19)27(32)28(33)29(26)17-16-20-10-6-3-7-11-20/h2-15,18,26,30,32H,16-17H2,1H3. The molecule has 3 aromatic carbocycles. The fourth-order valence-corrected chi connectivity index (χ4v) is 4.07. The predicted octanol–water partition coefficient (Wildman–Crippen LogP) is 4.62. The molecule has 1 amide bonds. The van der Waals surface area contributed by atoms with Crippen LogP contribution in [0.2, 0.25) is 0 Å². The summed E-state index contributed by atoms with van der Waals surface area (Å²) in [5.74, 6) is -1.48. The van der Waals surface area contributed by atoms with Crippen LogP contribution in [-0.4, -0.2) is 40.5 Å². The molecule has 6 nitrogen and oxygen atoms in total. The lowest BCUT2D eigenvalue weighted by Crippen LogP contribution is -2.33. The number of allylic oxidation sites excluding steroid dienone is 1. The number of carbonyl (C=O) groups is 2. The maximum Gasteiger partial charge on any atom is 0.290 e. The lowest BCUT2D eigenvalue weighted by molar-refractivity contribution is -0.129. The van der Waals surface area contributed by atoms with Crippen molar-refractivity contribution >= 4 is 17.8 Å². The molecule has 1 aliphatic heterocycles. The fourth-order valence-electron chi connectivity index (χ4n) is 4.07. The van der Waals surface area contributed by atoms with E-state index < -0.39 is 23.5 Å². The molecule has 4 rings (SSSR count). The summed E-state index contributed by atoms with van der Waals surface area (Å²) in [6, 6.07) is 22.8. The maximum absolute atomic E-state index is 13.2. The number of carbonyl (C=O) groups excluding carboxylic acids is 2. The molecule has 1 heterocycles. The monoisotopic (exact) mass is 455 g/mol. The first kappa shape index (κ1) is 22.9. The Labute approximate surface area is 198 Å². The summed E-state index contributed by atoms with van der Waals surface area (Å²) in [5, 5.41) is 20.8. The van der Waals surface area contributed by atoms with E-state index >= 15 is 0 Å².